The van der Waals surface area contributed by atoms with Gasteiger partial charge in [-0.05, 0) is 30.5 Å². The molecule has 100 valence electrons. The van der Waals surface area contributed by atoms with Crippen molar-refractivity contribution in [2.24, 2.45) is 0 Å². The predicted octanol–water partition coefficient (Wildman–Crippen LogP) is 2.57. The Morgan fingerprint density at radius 2 is 2.16 bits per heavy atom. The molecular formula is C15H18N2OS. The molecule has 0 saturated heterocycles. The highest BCUT2D eigenvalue weighted by Gasteiger charge is 2.20. The van der Waals surface area contributed by atoms with E-state index >= 15 is 0 Å². The van der Waals surface area contributed by atoms with Crippen LogP contribution in [0.1, 0.15) is 18.4 Å². The summed E-state index contributed by atoms with van der Waals surface area (Å²) in [6.07, 6.45) is 2.58. The molecule has 0 amide bonds. The van der Waals surface area contributed by atoms with Crippen LogP contribution in [0, 0.1) is 0 Å². The number of rotatable bonds is 6. The molecule has 0 unspecified atom stereocenters. The predicted molar refractivity (Wildman–Crippen MR) is 79.4 cm³/mol. The molecule has 0 bridgehead atoms. The molecule has 1 aromatic carbocycles. The zero-order chi connectivity index (χ0) is 13.1. The van der Waals surface area contributed by atoms with Gasteiger partial charge in [0.25, 0.3) is 0 Å². The second-order valence-electron chi connectivity index (χ2n) is 4.87. The fraction of sp³-hybridized carbons (Fsp3) is 0.400. The molecule has 1 fully saturated rings. The van der Waals surface area contributed by atoms with Crippen LogP contribution >= 0.6 is 11.8 Å². The van der Waals surface area contributed by atoms with Crippen LogP contribution in [0.5, 0.6) is 0 Å². The molecule has 1 aromatic heterocycles. The van der Waals surface area contributed by atoms with E-state index in [1.807, 2.05) is 18.2 Å². The summed E-state index contributed by atoms with van der Waals surface area (Å²) in [5.74, 6) is 0.696. The third-order valence-corrected chi connectivity index (χ3v) is 4.27. The van der Waals surface area contributed by atoms with E-state index in [0.717, 1.165) is 17.1 Å². The third-order valence-electron chi connectivity index (χ3n) is 3.25. The highest BCUT2D eigenvalue weighted by atomic mass is 32.2. The van der Waals surface area contributed by atoms with E-state index in [0.29, 0.717) is 11.8 Å². The Kier molecular flexibility index (Phi) is 4.01. The van der Waals surface area contributed by atoms with E-state index < -0.39 is 0 Å². The SMILES string of the molecule is OCCSc1nc2ccccc2cc1CNC1CC1. The zero-order valence-electron chi connectivity index (χ0n) is 10.8. The van der Waals surface area contributed by atoms with Gasteiger partial charge in [0.2, 0.25) is 0 Å². The highest BCUT2D eigenvalue weighted by molar-refractivity contribution is 7.99. The largest absolute Gasteiger partial charge is 0.396 e. The van der Waals surface area contributed by atoms with Gasteiger partial charge in [0.15, 0.2) is 0 Å². The Morgan fingerprint density at radius 1 is 1.32 bits per heavy atom. The summed E-state index contributed by atoms with van der Waals surface area (Å²) in [5.41, 5.74) is 2.27. The van der Waals surface area contributed by atoms with Gasteiger partial charge in [0.1, 0.15) is 5.03 Å². The number of benzene rings is 1. The number of aromatic nitrogens is 1. The van der Waals surface area contributed by atoms with Crippen molar-refractivity contribution in [3.05, 3.63) is 35.9 Å². The minimum Gasteiger partial charge on any atom is -0.396 e. The molecule has 1 heterocycles. The van der Waals surface area contributed by atoms with Crippen molar-refractivity contribution in [1.29, 1.82) is 0 Å². The minimum atomic E-state index is 0.189. The van der Waals surface area contributed by atoms with E-state index in [-0.39, 0.29) is 6.61 Å². The number of nitrogens with one attached hydrogen (secondary N) is 1. The highest BCUT2D eigenvalue weighted by Crippen LogP contribution is 2.26. The maximum atomic E-state index is 9.00. The number of aliphatic hydroxyl groups is 1. The summed E-state index contributed by atoms with van der Waals surface area (Å²) in [5, 5.41) is 14.8. The normalized spacial score (nSPS) is 15.0. The average molecular weight is 274 g/mol. The lowest BCUT2D eigenvalue weighted by atomic mass is 10.1. The van der Waals surface area contributed by atoms with Crippen molar-refractivity contribution in [2.45, 2.75) is 30.5 Å². The van der Waals surface area contributed by atoms with Gasteiger partial charge in [0.05, 0.1) is 12.1 Å². The maximum Gasteiger partial charge on any atom is 0.101 e. The standard InChI is InChI=1S/C15H18N2OS/c18-7-8-19-15-12(10-16-13-5-6-13)9-11-3-1-2-4-14(11)17-15/h1-4,9,13,16,18H,5-8,10H2. The molecule has 0 radical (unpaired) electrons. The van der Waals surface area contributed by atoms with Crippen LogP contribution in [0.25, 0.3) is 10.9 Å². The molecule has 1 aliphatic rings. The molecule has 19 heavy (non-hydrogen) atoms. The van der Waals surface area contributed by atoms with Crippen LogP contribution < -0.4 is 5.32 Å². The zero-order valence-corrected chi connectivity index (χ0v) is 11.6. The Morgan fingerprint density at radius 3 is 2.95 bits per heavy atom. The van der Waals surface area contributed by atoms with Crippen molar-refractivity contribution in [2.75, 3.05) is 12.4 Å². The number of hydrogen-bond donors (Lipinski definition) is 2. The molecule has 3 rings (SSSR count). The fourth-order valence-corrected chi connectivity index (χ4v) is 2.84. The molecule has 2 aromatic rings. The molecule has 2 N–H and O–H groups in total. The molecular weight excluding hydrogens is 256 g/mol. The first kappa shape index (κ1) is 12.9. The van der Waals surface area contributed by atoms with Crippen LogP contribution in [0.3, 0.4) is 0 Å². The Hall–Kier alpha value is -1.10. The van der Waals surface area contributed by atoms with E-state index in [2.05, 4.69) is 17.4 Å². The first-order valence-electron chi connectivity index (χ1n) is 6.72. The van der Waals surface area contributed by atoms with Crippen LogP contribution in [-0.2, 0) is 6.54 Å². The number of fused-ring (bicyclic) bond motifs is 1. The summed E-state index contributed by atoms with van der Waals surface area (Å²) in [6.45, 7) is 1.06. The molecule has 0 spiro atoms. The molecule has 1 saturated carbocycles. The molecule has 4 heteroatoms. The van der Waals surface area contributed by atoms with Crippen LogP contribution in [0.4, 0.5) is 0 Å². The second-order valence-corrected chi connectivity index (χ2v) is 5.96. The van der Waals surface area contributed by atoms with E-state index in [4.69, 9.17) is 10.1 Å². The number of nitrogens with zero attached hydrogens (tertiary/aromatic N) is 1. The summed E-state index contributed by atoms with van der Waals surface area (Å²) in [4.78, 5) is 4.72. The van der Waals surface area contributed by atoms with Crippen LogP contribution in [0.2, 0.25) is 0 Å². The first-order chi connectivity index (χ1) is 9.36. The first-order valence-corrected chi connectivity index (χ1v) is 7.71. The van der Waals surface area contributed by atoms with E-state index in [9.17, 15) is 0 Å². The summed E-state index contributed by atoms with van der Waals surface area (Å²) in [7, 11) is 0. The van der Waals surface area contributed by atoms with Crippen molar-refractivity contribution >= 4 is 22.7 Å². The second kappa shape index (κ2) is 5.90. The molecule has 0 atom stereocenters. The lowest BCUT2D eigenvalue weighted by molar-refractivity contribution is 0.322. The number of aliphatic hydroxyl groups excluding tert-OH is 1. The monoisotopic (exact) mass is 274 g/mol. The summed E-state index contributed by atoms with van der Waals surface area (Å²) >= 11 is 1.63. The van der Waals surface area contributed by atoms with Crippen molar-refractivity contribution in [3.8, 4) is 0 Å². The topological polar surface area (TPSA) is 45.2 Å². The van der Waals surface area contributed by atoms with E-state index in [1.54, 1.807) is 11.8 Å². The third kappa shape index (κ3) is 3.26. The summed E-state index contributed by atoms with van der Waals surface area (Å²) < 4.78 is 0. The van der Waals surface area contributed by atoms with Crippen molar-refractivity contribution in [3.63, 3.8) is 0 Å². The Labute approximate surface area is 117 Å². The quantitative estimate of drug-likeness (QED) is 0.795. The van der Waals surface area contributed by atoms with Gasteiger partial charge in [-0.3, -0.25) is 0 Å². The molecule has 0 aliphatic heterocycles. The van der Waals surface area contributed by atoms with Gasteiger partial charge >= 0.3 is 0 Å². The molecule has 1 aliphatic carbocycles. The average Bonchev–Trinajstić information content (AvgIpc) is 3.26. The Balaban J connectivity index is 1.89. The van der Waals surface area contributed by atoms with Crippen LogP contribution in [-0.4, -0.2) is 28.5 Å². The lowest BCUT2D eigenvalue weighted by Crippen LogP contribution is -2.16. The molecule has 3 nitrogen and oxygen atoms in total. The minimum absolute atomic E-state index is 0.189. The van der Waals surface area contributed by atoms with Gasteiger partial charge in [-0.1, -0.05) is 18.2 Å². The van der Waals surface area contributed by atoms with Crippen molar-refractivity contribution in [1.82, 2.24) is 10.3 Å². The Bertz CT molecular complexity index is 569. The van der Waals surface area contributed by atoms with Gasteiger partial charge in [-0.25, -0.2) is 4.98 Å². The number of hydrogen-bond acceptors (Lipinski definition) is 4. The van der Waals surface area contributed by atoms with Gasteiger partial charge < -0.3 is 10.4 Å². The smallest absolute Gasteiger partial charge is 0.101 e. The number of thioether (sulfide) groups is 1. The maximum absolute atomic E-state index is 9.00. The number of pyridine rings is 1. The number of para-hydroxylation sites is 1. The fourth-order valence-electron chi connectivity index (χ4n) is 2.08. The van der Waals surface area contributed by atoms with E-state index in [1.165, 1.54) is 23.8 Å². The van der Waals surface area contributed by atoms with Gasteiger partial charge in [-0.2, -0.15) is 0 Å². The van der Waals surface area contributed by atoms with Gasteiger partial charge in [-0.15, -0.1) is 11.8 Å². The van der Waals surface area contributed by atoms with Crippen molar-refractivity contribution < 1.29 is 5.11 Å². The summed E-state index contributed by atoms with van der Waals surface area (Å²) in [6, 6.07) is 11.1. The lowest BCUT2D eigenvalue weighted by Gasteiger charge is -2.10. The van der Waals surface area contributed by atoms with Gasteiger partial charge in [0, 0.05) is 23.7 Å². The van der Waals surface area contributed by atoms with Crippen LogP contribution in [0.15, 0.2) is 35.4 Å².